The molecular weight excluding hydrogens is 412 g/mol. The standard InChI is InChI=1S/C23H15ClN6O/c24-17-5-3-4-16(14-17)23(31)26-18-9-7-15(8-10-18)19-11-12-21-27-28-22(30(21)29-19)20-6-1-2-13-25-20/h1-14H,(H,26,31). The van der Waals surface area contributed by atoms with Gasteiger partial charge in [-0.15, -0.1) is 10.2 Å². The highest BCUT2D eigenvalue weighted by Crippen LogP contribution is 2.22. The molecule has 0 saturated heterocycles. The first-order chi connectivity index (χ1) is 15.2. The number of hydrogen-bond donors (Lipinski definition) is 1. The van der Waals surface area contributed by atoms with Crippen molar-refractivity contribution in [2.24, 2.45) is 0 Å². The van der Waals surface area contributed by atoms with E-state index in [4.69, 9.17) is 11.6 Å². The molecule has 0 radical (unpaired) electrons. The average Bonchev–Trinajstić information content (AvgIpc) is 3.23. The first-order valence-electron chi connectivity index (χ1n) is 9.49. The Morgan fingerprint density at radius 2 is 1.74 bits per heavy atom. The van der Waals surface area contributed by atoms with E-state index in [0.29, 0.717) is 33.4 Å². The largest absolute Gasteiger partial charge is 0.322 e. The maximum atomic E-state index is 12.4. The number of rotatable bonds is 4. The molecule has 3 aromatic heterocycles. The van der Waals surface area contributed by atoms with Gasteiger partial charge in [0.25, 0.3) is 5.91 Å². The molecule has 7 nitrogen and oxygen atoms in total. The highest BCUT2D eigenvalue weighted by Gasteiger charge is 2.12. The second-order valence-corrected chi connectivity index (χ2v) is 7.21. The fourth-order valence-corrected chi connectivity index (χ4v) is 3.35. The summed E-state index contributed by atoms with van der Waals surface area (Å²) in [5, 5.41) is 16.4. The van der Waals surface area contributed by atoms with E-state index >= 15 is 0 Å². The van der Waals surface area contributed by atoms with Gasteiger partial charge in [-0.3, -0.25) is 9.78 Å². The van der Waals surface area contributed by atoms with Crippen LogP contribution >= 0.6 is 11.6 Å². The predicted molar refractivity (Wildman–Crippen MR) is 119 cm³/mol. The molecule has 0 unspecified atom stereocenters. The molecule has 0 spiro atoms. The van der Waals surface area contributed by atoms with Crippen LogP contribution in [0.25, 0.3) is 28.4 Å². The van der Waals surface area contributed by atoms with Gasteiger partial charge in [-0.25, -0.2) is 0 Å². The van der Waals surface area contributed by atoms with Crippen LogP contribution in [0.4, 0.5) is 5.69 Å². The van der Waals surface area contributed by atoms with Crippen LogP contribution in [-0.2, 0) is 0 Å². The van der Waals surface area contributed by atoms with Gasteiger partial charge in [0.15, 0.2) is 5.65 Å². The lowest BCUT2D eigenvalue weighted by molar-refractivity contribution is 0.102. The molecule has 0 bridgehead atoms. The van der Waals surface area contributed by atoms with Crippen LogP contribution in [0.1, 0.15) is 10.4 Å². The van der Waals surface area contributed by atoms with E-state index in [1.54, 1.807) is 35.0 Å². The van der Waals surface area contributed by atoms with Crippen molar-refractivity contribution in [2.75, 3.05) is 5.32 Å². The minimum Gasteiger partial charge on any atom is -0.322 e. The second-order valence-electron chi connectivity index (χ2n) is 6.77. The van der Waals surface area contributed by atoms with Crippen LogP contribution < -0.4 is 5.32 Å². The van der Waals surface area contributed by atoms with Crippen molar-refractivity contribution in [1.82, 2.24) is 24.8 Å². The summed E-state index contributed by atoms with van der Waals surface area (Å²) in [6.45, 7) is 0. The Labute approximate surface area is 182 Å². The van der Waals surface area contributed by atoms with Crippen molar-refractivity contribution in [3.63, 3.8) is 0 Å². The molecule has 31 heavy (non-hydrogen) atoms. The van der Waals surface area contributed by atoms with Gasteiger partial charge in [0.1, 0.15) is 5.69 Å². The fraction of sp³-hybridized carbons (Fsp3) is 0. The SMILES string of the molecule is O=C(Nc1ccc(-c2ccc3nnc(-c4ccccn4)n3n2)cc1)c1cccc(Cl)c1. The summed E-state index contributed by atoms with van der Waals surface area (Å²) in [5.74, 6) is 0.349. The molecule has 1 N–H and O–H groups in total. The second kappa shape index (κ2) is 7.97. The van der Waals surface area contributed by atoms with Crippen LogP contribution in [0, 0.1) is 0 Å². The zero-order valence-electron chi connectivity index (χ0n) is 16.1. The lowest BCUT2D eigenvalue weighted by Crippen LogP contribution is -2.11. The molecule has 0 saturated carbocycles. The Morgan fingerprint density at radius 1 is 0.871 bits per heavy atom. The topological polar surface area (TPSA) is 85.1 Å². The Bertz CT molecular complexity index is 1380. The normalized spacial score (nSPS) is 10.9. The summed E-state index contributed by atoms with van der Waals surface area (Å²) < 4.78 is 1.67. The summed E-state index contributed by atoms with van der Waals surface area (Å²) >= 11 is 5.96. The van der Waals surface area contributed by atoms with Crippen molar-refractivity contribution in [1.29, 1.82) is 0 Å². The van der Waals surface area contributed by atoms with Crippen LogP contribution in [0.3, 0.4) is 0 Å². The number of nitrogens with one attached hydrogen (secondary N) is 1. The molecule has 0 aliphatic carbocycles. The van der Waals surface area contributed by atoms with Crippen LogP contribution in [0.15, 0.2) is 85.1 Å². The summed E-state index contributed by atoms with van der Waals surface area (Å²) in [6.07, 6.45) is 1.71. The van der Waals surface area contributed by atoms with Crippen LogP contribution in [0.5, 0.6) is 0 Å². The average molecular weight is 427 g/mol. The number of carbonyl (C=O) groups excluding carboxylic acids is 1. The number of hydrogen-bond acceptors (Lipinski definition) is 5. The predicted octanol–water partition coefficient (Wildman–Crippen LogP) is 4.76. The van der Waals surface area contributed by atoms with E-state index in [2.05, 4.69) is 25.6 Å². The molecule has 8 heteroatoms. The number of fused-ring (bicyclic) bond motifs is 1. The summed E-state index contributed by atoms with van der Waals surface area (Å²) in [4.78, 5) is 16.7. The molecule has 0 fully saturated rings. The monoisotopic (exact) mass is 426 g/mol. The maximum Gasteiger partial charge on any atom is 0.255 e. The van der Waals surface area contributed by atoms with Gasteiger partial charge in [-0.1, -0.05) is 35.9 Å². The van der Waals surface area contributed by atoms with Gasteiger partial charge in [0.2, 0.25) is 5.82 Å². The molecule has 3 heterocycles. The van der Waals surface area contributed by atoms with Crippen molar-refractivity contribution in [3.05, 3.63) is 95.6 Å². The maximum absolute atomic E-state index is 12.4. The van der Waals surface area contributed by atoms with Gasteiger partial charge in [0.05, 0.1) is 5.69 Å². The molecule has 5 aromatic rings. The highest BCUT2D eigenvalue weighted by molar-refractivity contribution is 6.31. The molecule has 1 amide bonds. The van der Waals surface area contributed by atoms with Gasteiger partial charge in [0, 0.05) is 28.0 Å². The Balaban J connectivity index is 1.41. The first-order valence-corrected chi connectivity index (χ1v) is 9.86. The summed E-state index contributed by atoms with van der Waals surface area (Å²) in [7, 11) is 0. The quantitative estimate of drug-likeness (QED) is 0.448. The number of anilines is 1. The van der Waals surface area contributed by atoms with E-state index in [1.165, 1.54) is 0 Å². The molecule has 0 aliphatic rings. The molecule has 5 rings (SSSR count). The Kier molecular flexibility index (Phi) is 4.86. The Morgan fingerprint density at radius 3 is 2.52 bits per heavy atom. The highest BCUT2D eigenvalue weighted by atomic mass is 35.5. The van der Waals surface area contributed by atoms with Crippen LogP contribution in [-0.4, -0.2) is 30.7 Å². The number of halogens is 1. The third kappa shape index (κ3) is 3.86. The van der Waals surface area contributed by atoms with Gasteiger partial charge in [-0.2, -0.15) is 9.61 Å². The number of aromatic nitrogens is 5. The number of benzene rings is 2. The van der Waals surface area contributed by atoms with Gasteiger partial charge >= 0.3 is 0 Å². The summed E-state index contributed by atoms with van der Waals surface area (Å²) in [5.41, 5.74) is 4.14. The Hall–Kier alpha value is -4.10. The van der Waals surface area contributed by atoms with Crippen molar-refractivity contribution in [2.45, 2.75) is 0 Å². The van der Waals surface area contributed by atoms with Crippen molar-refractivity contribution < 1.29 is 4.79 Å². The van der Waals surface area contributed by atoms with E-state index < -0.39 is 0 Å². The van der Waals surface area contributed by atoms with Crippen molar-refractivity contribution in [3.8, 4) is 22.8 Å². The number of amides is 1. The molecule has 2 aromatic carbocycles. The third-order valence-electron chi connectivity index (χ3n) is 4.68. The fourth-order valence-electron chi connectivity index (χ4n) is 3.15. The molecule has 0 aliphatic heterocycles. The lowest BCUT2D eigenvalue weighted by atomic mass is 10.1. The third-order valence-corrected chi connectivity index (χ3v) is 4.92. The smallest absolute Gasteiger partial charge is 0.255 e. The lowest BCUT2D eigenvalue weighted by Gasteiger charge is -2.07. The zero-order chi connectivity index (χ0) is 21.2. The minimum atomic E-state index is -0.223. The zero-order valence-corrected chi connectivity index (χ0v) is 16.9. The number of nitrogens with zero attached hydrogens (tertiary/aromatic N) is 5. The van der Waals surface area contributed by atoms with E-state index in [0.717, 1.165) is 11.3 Å². The van der Waals surface area contributed by atoms with Crippen molar-refractivity contribution >= 4 is 28.8 Å². The van der Waals surface area contributed by atoms with Gasteiger partial charge in [-0.05, 0) is 54.6 Å². The van der Waals surface area contributed by atoms with E-state index in [-0.39, 0.29) is 5.91 Å². The number of pyridine rings is 1. The van der Waals surface area contributed by atoms with E-state index in [9.17, 15) is 4.79 Å². The number of carbonyl (C=O) groups is 1. The summed E-state index contributed by atoms with van der Waals surface area (Å²) in [6, 6.07) is 23.6. The van der Waals surface area contributed by atoms with Gasteiger partial charge < -0.3 is 5.32 Å². The first kappa shape index (κ1) is 18.9. The molecular formula is C23H15ClN6O. The minimum absolute atomic E-state index is 0.223. The van der Waals surface area contributed by atoms with Crippen LogP contribution in [0.2, 0.25) is 5.02 Å². The molecule has 150 valence electrons. The van der Waals surface area contributed by atoms with E-state index in [1.807, 2.05) is 54.6 Å². The molecule has 0 atom stereocenters.